The number of rotatable bonds is 2. The number of thioether (sulfide) groups is 1. The first kappa shape index (κ1) is 13.5. The molecule has 1 nitrogen and oxygen atoms in total. The van der Waals surface area contributed by atoms with Gasteiger partial charge in [0.15, 0.2) is 0 Å². The summed E-state index contributed by atoms with van der Waals surface area (Å²) < 4.78 is 5.49. The van der Waals surface area contributed by atoms with Crippen LogP contribution in [0.2, 0.25) is 0 Å². The Morgan fingerprint density at radius 3 is 2.56 bits per heavy atom. The van der Waals surface area contributed by atoms with E-state index in [1.54, 1.807) is 7.11 Å². The van der Waals surface area contributed by atoms with E-state index >= 15 is 0 Å². The first-order valence-corrected chi connectivity index (χ1v) is 7.63. The minimum absolute atomic E-state index is 0.116. The van der Waals surface area contributed by atoms with Gasteiger partial charge in [-0.1, -0.05) is 32.9 Å². The van der Waals surface area contributed by atoms with Crippen LogP contribution in [0.1, 0.15) is 38.3 Å². The van der Waals surface area contributed by atoms with E-state index in [0.717, 1.165) is 11.5 Å². The molecule has 0 aromatic heterocycles. The molecule has 1 heterocycles. The van der Waals surface area contributed by atoms with Crippen LogP contribution in [0.4, 0.5) is 0 Å². The van der Waals surface area contributed by atoms with E-state index in [1.807, 2.05) is 11.8 Å². The lowest BCUT2D eigenvalue weighted by atomic mass is 9.84. The molecule has 98 valence electrons. The maximum absolute atomic E-state index is 5.49. The second-order valence-corrected chi connectivity index (χ2v) is 6.87. The minimum atomic E-state index is 0.116. The third-order valence-corrected chi connectivity index (χ3v) is 4.24. The molecule has 1 aromatic carbocycles. The summed E-state index contributed by atoms with van der Waals surface area (Å²) in [4.78, 5) is 0. The molecule has 2 heteroatoms. The van der Waals surface area contributed by atoms with Crippen molar-refractivity contribution in [3.8, 4) is 5.75 Å². The molecule has 1 aromatic rings. The summed E-state index contributed by atoms with van der Waals surface area (Å²) in [5, 5.41) is 0. The van der Waals surface area contributed by atoms with Crippen molar-refractivity contribution >= 4 is 17.3 Å². The second-order valence-electron chi connectivity index (χ2n) is 5.72. The summed E-state index contributed by atoms with van der Waals surface area (Å²) in [5.74, 6) is 3.38. The molecule has 1 aliphatic heterocycles. The number of methoxy groups -OCH3 is 1. The number of hydrogen-bond donors (Lipinski definition) is 0. The van der Waals surface area contributed by atoms with Crippen LogP contribution < -0.4 is 4.74 Å². The van der Waals surface area contributed by atoms with E-state index in [9.17, 15) is 0 Å². The van der Waals surface area contributed by atoms with Crippen molar-refractivity contribution in [3.05, 3.63) is 35.4 Å². The van der Waals surface area contributed by atoms with Crippen LogP contribution in [0.5, 0.6) is 5.75 Å². The van der Waals surface area contributed by atoms with E-state index in [-0.39, 0.29) is 5.41 Å². The van der Waals surface area contributed by atoms with Crippen molar-refractivity contribution in [3.63, 3.8) is 0 Å². The predicted octanol–water partition coefficient (Wildman–Crippen LogP) is 4.51. The summed E-state index contributed by atoms with van der Waals surface area (Å²) in [6.07, 6.45) is 3.54. The van der Waals surface area contributed by atoms with Crippen LogP contribution >= 0.6 is 11.8 Å². The smallest absolute Gasteiger partial charge is 0.122 e. The van der Waals surface area contributed by atoms with E-state index in [0.29, 0.717) is 0 Å². The molecule has 0 radical (unpaired) electrons. The maximum atomic E-state index is 5.49. The lowest BCUT2D eigenvalue weighted by Crippen LogP contribution is -2.13. The van der Waals surface area contributed by atoms with Crippen molar-refractivity contribution in [2.45, 2.75) is 32.6 Å². The monoisotopic (exact) mass is 262 g/mol. The van der Waals surface area contributed by atoms with Crippen LogP contribution in [0, 0.1) is 0 Å². The molecule has 0 saturated carbocycles. The summed E-state index contributed by atoms with van der Waals surface area (Å²) >= 11 is 2.01. The number of ether oxygens (including phenoxy) is 1. The molecule has 1 aliphatic rings. The van der Waals surface area contributed by atoms with Crippen LogP contribution in [0.3, 0.4) is 0 Å². The Bertz CT molecular complexity index is 455. The molecule has 0 spiro atoms. The Balaban J connectivity index is 2.42. The van der Waals surface area contributed by atoms with Crippen molar-refractivity contribution < 1.29 is 4.74 Å². The average Bonchev–Trinajstić information content (AvgIpc) is 2.38. The van der Waals surface area contributed by atoms with Crippen molar-refractivity contribution in [2.75, 3.05) is 18.6 Å². The fraction of sp³-hybridized carbons (Fsp3) is 0.500. The second kappa shape index (κ2) is 5.40. The SMILES string of the molecule is COc1ccc(C2=CCSCC2)cc1C(C)(C)C. The van der Waals surface area contributed by atoms with E-state index in [2.05, 4.69) is 45.0 Å². The quantitative estimate of drug-likeness (QED) is 0.775. The number of benzene rings is 1. The highest BCUT2D eigenvalue weighted by atomic mass is 32.2. The highest BCUT2D eigenvalue weighted by Crippen LogP contribution is 2.35. The van der Waals surface area contributed by atoms with Crippen molar-refractivity contribution in [1.29, 1.82) is 0 Å². The van der Waals surface area contributed by atoms with Gasteiger partial charge in [-0.15, -0.1) is 0 Å². The average molecular weight is 262 g/mol. The van der Waals surface area contributed by atoms with Crippen molar-refractivity contribution in [2.24, 2.45) is 0 Å². The molecule has 0 atom stereocenters. The molecule has 18 heavy (non-hydrogen) atoms. The molecule has 0 fully saturated rings. The molecule has 0 unspecified atom stereocenters. The normalized spacial score (nSPS) is 16.3. The highest BCUT2D eigenvalue weighted by molar-refractivity contribution is 7.99. The third-order valence-electron chi connectivity index (χ3n) is 3.34. The van der Waals surface area contributed by atoms with Gasteiger partial charge in [-0.25, -0.2) is 0 Å². The summed E-state index contributed by atoms with van der Waals surface area (Å²) in [6, 6.07) is 6.61. The lowest BCUT2D eigenvalue weighted by Gasteiger charge is -2.24. The summed E-state index contributed by atoms with van der Waals surface area (Å²) in [6.45, 7) is 6.71. The summed E-state index contributed by atoms with van der Waals surface area (Å²) in [5.41, 5.74) is 4.26. The molecular weight excluding hydrogens is 240 g/mol. The zero-order valence-corrected chi connectivity index (χ0v) is 12.6. The first-order valence-electron chi connectivity index (χ1n) is 6.48. The lowest BCUT2D eigenvalue weighted by molar-refractivity contribution is 0.397. The molecule has 0 N–H and O–H groups in total. The zero-order chi connectivity index (χ0) is 13.2. The van der Waals surface area contributed by atoms with Gasteiger partial charge in [0.2, 0.25) is 0 Å². The fourth-order valence-electron chi connectivity index (χ4n) is 2.28. The topological polar surface area (TPSA) is 9.23 Å². The minimum Gasteiger partial charge on any atom is -0.496 e. The molecule has 0 saturated heterocycles. The standard InChI is InChI=1S/C16H22OS/c1-16(2,3)14-11-13(5-6-15(14)17-4)12-7-9-18-10-8-12/h5-7,11H,8-10H2,1-4H3. The predicted molar refractivity (Wildman–Crippen MR) is 81.6 cm³/mol. The van der Waals surface area contributed by atoms with Crippen LogP contribution in [0.15, 0.2) is 24.3 Å². The van der Waals surface area contributed by atoms with Crippen LogP contribution in [-0.2, 0) is 5.41 Å². The van der Waals surface area contributed by atoms with Gasteiger partial charge in [0.1, 0.15) is 5.75 Å². The Hall–Kier alpha value is -0.890. The first-order chi connectivity index (χ1) is 8.52. The Morgan fingerprint density at radius 2 is 2.00 bits per heavy atom. The van der Waals surface area contributed by atoms with Gasteiger partial charge >= 0.3 is 0 Å². The van der Waals surface area contributed by atoms with Gasteiger partial charge < -0.3 is 4.74 Å². The Morgan fingerprint density at radius 1 is 1.22 bits per heavy atom. The zero-order valence-electron chi connectivity index (χ0n) is 11.7. The van der Waals surface area contributed by atoms with Crippen molar-refractivity contribution in [1.82, 2.24) is 0 Å². The Kier molecular flexibility index (Phi) is 4.06. The maximum Gasteiger partial charge on any atom is 0.122 e. The third kappa shape index (κ3) is 2.92. The summed E-state index contributed by atoms with van der Waals surface area (Å²) in [7, 11) is 1.75. The van der Waals surface area contributed by atoms with Gasteiger partial charge in [-0.3, -0.25) is 0 Å². The molecule has 2 rings (SSSR count). The van der Waals surface area contributed by atoms with Gasteiger partial charge in [-0.2, -0.15) is 11.8 Å². The molecule has 0 aliphatic carbocycles. The number of hydrogen-bond acceptors (Lipinski definition) is 2. The molecule has 0 bridgehead atoms. The van der Waals surface area contributed by atoms with Gasteiger partial charge in [0.05, 0.1) is 7.11 Å². The van der Waals surface area contributed by atoms with E-state index in [1.165, 1.54) is 28.9 Å². The van der Waals surface area contributed by atoms with Crippen LogP contribution in [-0.4, -0.2) is 18.6 Å². The van der Waals surface area contributed by atoms with Gasteiger partial charge in [-0.05, 0) is 40.9 Å². The number of allylic oxidation sites excluding steroid dienone is 1. The van der Waals surface area contributed by atoms with Crippen LogP contribution in [0.25, 0.3) is 5.57 Å². The Labute approximate surface area is 115 Å². The highest BCUT2D eigenvalue weighted by Gasteiger charge is 2.20. The van der Waals surface area contributed by atoms with E-state index < -0.39 is 0 Å². The largest absolute Gasteiger partial charge is 0.496 e. The van der Waals surface area contributed by atoms with Gasteiger partial charge in [0.25, 0.3) is 0 Å². The molecular formula is C16H22OS. The molecule has 0 amide bonds. The fourth-order valence-corrected chi connectivity index (χ4v) is 3.13. The van der Waals surface area contributed by atoms with Gasteiger partial charge in [0, 0.05) is 11.3 Å². The van der Waals surface area contributed by atoms with E-state index in [4.69, 9.17) is 4.74 Å².